The number of aromatic amines is 1. The van der Waals surface area contributed by atoms with Gasteiger partial charge in [0, 0.05) is 27.8 Å². The van der Waals surface area contributed by atoms with Crippen molar-refractivity contribution in [3.05, 3.63) is 26.8 Å². The summed E-state index contributed by atoms with van der Waals surface area (Å²) in [5, 5.41) is 8.06. The quantitative estimate of drug-likeness (QED) is 0.737. The van der Waals surface area contributed by atoms with Crippen LogP contribution in [-0.2, 0) is 0 Å². The Bertz CT molecular complexity index is 644. The zero-order valence-corrected chi connectivity index (χ0v) is 14.6. The van der Waals surface area contributed by atoms with Gasteiger partial charge in [-0.1, -0.05) is 17.7 Å². The second-order valence-corrected chi connectivity index (χ2v) is 6.92. The Morgan fingerprint density at radius 1 is 1.48 bits per heavy atom. The lowest BCUT2D eigenvalue weighted by Gasteiger charge is -2.36. The fourth-order valence-electron chi connectivity index (χ4n) is 2.61. The van der Waals surface area contributed by atoms with Gasteiger partial charge in [0.05, 0.1) is 5.02 Å². The minimum Gasteiger partial charge on any atom is -0.335 e. The van der Waals surface area contributed by atoms with E-state index in [1.165, 1.54) is 0 Å². The van der Waals surface area contributed by atoms with Crippen LogP contribution in [-0.4, -0.2) is 33.8 Å². The molecule has 2 aromatic rings. The maximum atomic E-state index is 6.16. The maximum Gasteiger partial charge on any atom is 0.245 e. The van der Waals surface area contributed by atoms with E-state index in [2.05, 4.69) is 49.6 Å². The van der Waals surface area contributed by atoms with E-state index in [1.54, 1.807) is 0 Å². The van der Waals surface area contributed by atoms with E-state index in [0.29, 0.717) is 5.95 Å². The number of hydrogen-bond acceptors (Lipinski definition) is 4. The molecule has 1 aromatic heterocycles. The molecule has 1 aliphatic heterocycles. The van der Waals surface area contributed by atoms with Crippen molar-refractivity contribution in [2.75, 3.05) is 11.4 Å². The number of nitrogens with zero attached hydrogens (tertiary/aromatic N) is 3. The first kappa shape index (κ1) is 15.1. The van der Waals surface area contributed by atoms with Crippen molar-refractivity contribution in [2.45, 2.75) is 31.8 Å². The molecule has 0 spiro atoms. The summed E-state index contributed by atoms with van der Waals surface area (Å²) in [5.41, 5.74) is 7.07. The number of anilines is 1. The number of rotatable bonds is 2. The highest BCUT2D eigenvalue weighted by molar-refractivity contribution is 14.1. The molecular weight excluding hydrogens is 401 g/mol. The van der Waals surface area contributed by atoms with Crippen LogP contribution in [0.3, 0.4) is 0 Å². The Labute approximate surface area is 142 Å². The van der Waals surface area contributed by atoms with Crippen molar-refractivity contribution in [1.29, 1.82) is 0 Å². The Balaban J connectivity index is 1.87. The highest BCUT2D eigenvalue weighted by atomic mass is 127. The largest absolute Gasteiger partial charge is 0.335 e. The minimum absolute atomic E-state index is 0.174. The second-order valence-electron chi connectivity index (χ2n) is 5.35. The molecule has 2 unspecified atom stereocenters. The summed E-state index contributed by atoms with van der Waals surface area (Å²) in [6.07, 6.45) is 2.13. The molecule has 3 N–H and O–H groups in total. The highest BCUT2D eigenvalue weighted by Gasteiger charge is 2.27. The average molecular weight is 418 g/mol. The Morgan fingerprint density at radius 2 is 2.29 bits per heavy atom. The Hall–Kier alpha value is -0.860. The van der Waals surface area contributed by atoms with Gasteiger partial charge in [-0.2, -0.15) is 4.98 Å². The van der Waals surface area contributed by atoms with Crippen molar-refractivity contribution in [3.63, 3.8) is 0 Å². The van der Waals surface area contributed by atoms with Gasteiger partial charge in [-0.05, 0) is 54.5 Å². The molecule has 5 nitrogen and oxygen atoms in total. The number of hydrogen-bond donors (Lipinski definition) is 2. The molecule has 21 heavy (non-hydrogen) atoms. The summed E-state index contributed by atoms with van der Waals surface area (Å²) < 4.78 is 1.02. The number of nitrogens with one attached hydrogen (secondary N) is 1. The van der Waals surface area contributed by atoms with E-state index in [1.807, 2.05) is 18.2 Å². The molecule has 0 bridgehead atoms. The summed E-state index contributed by atoms with van der Waals surface area (Å²) in [6.45, 7) is 3.07. The standard InChI is InChI=1S/C14H17ClIN5/c1-8-12(17)3-2-6-21(8)14-18-13(19-20-14)9-4-5-11(16)10(15)7-9/h4-5,7-8,12H,2-3,6,17H2,1H3,(H,18,19,20). The molecule has 112 valence electrons. The van der Waals surface area contributed by atoms with Crippen LogP contribution in [0.2, 0.25) is 5.02 Å². The van der Waals surface area contributed by atoms with E-state index in [9.17, 15) is 0 Å². The first-order chi connectivity index (χ1) is 10.1. The maximum absolute atomic E-state index is 6.16. The number of aromatic nitrogens is 3. The third kappa shape index (κ3) is 3.02. The van der Waals surface area contributed by atoms with Crippen molar-refractivity contribution in [2.24, 2.45) is 5.73 Å². The van der Waals surface area contributed by atoms with Crippen LogP contribution in [0.4, 0.5) is 5.95 Å². The molecule has 1 fully saturated rings. The number of piperidine rings is 1. The lowest BCUT2D eigenvalue weighted by atomic mass is 9.99. The first-order valence-electron chi connectivity index (χ1n) is 6.96. The molecule has 2 heterocycles. The van der Waals surface area contributed by atoms with Crippen LogP contribution in [0, 0.1) is 3.57 Å². The van der Waals surface area contributed by atoms with Crippen molar-refractivity contribution in [3.8, 4) is 11.4 Å². The number of nitrogens with two attached hydrogens (primary N) is 1. The van der Waals surface area contributed by atoms with E-state index in [4.69, 9.17) is 17.3 Å². The van der Waals surface area contributed by atoms with E-state index >= 15 is 0 Å². The monoisotopic (exact) mass is 417 g/mol. The third-order valence-corrected chi connectivity index (χ3v) is 5.54. The smallest absolute Gasteiger partial charge is 0.245 e. The Morgan fingerprint density at radius 3 is 3.05 bits per heavy atom. The SMILES string of the molecule is CC1C(N)CCCN1c1n[nH]c(-c2ccc(I)c(Cl)c2)n1. The number of halogens is 2. The average Bonchev–Trinajstić information content (AvgIpc) is 2.94. The summed E-state index contributed by atoms with van der Waals surface area (Å²) in [4.78, 5) is 6.77. The van der Waals surface area contributed by atoms with Crippen LogP contribution in [0.5, 0.6) is 0 Å². The van der Waals surface area contributed by atoms with Gasteiger partial charge in [0.25, 0.3) is 0 Å². The van der Waals surface area contributed by atoms with Crippen LogP contribution < -0.4 is 10.6 Å². The lowest BCUT2D eigenvalue weighted by molar-refractivity contribution is 0.416. The lowest BCUT2D eigenvalue weighted by Crippen LogP contribution is -2.50. The van der Waals surface area contributed by atoms with Gasteiger partial charge in [0.1, 0.15) is 0 Å². The molecule has 0 aliphatic carbocycles. The van der Waals surface area contributed by atoms with Gasteiger partial charge in [0.15, 0.2) is 5.82 Å². The molecular formula is C14H17ClIN5. The van der Waals surface area contributed by atoms with Gasteiger partial charge >= 0.3 is 0 Å². The Kier molecular flexibility index (Phi) is 4.37. The molecule has 1 aromatic carbocycles. The fraction of sp³-hybridized carbons (Fsp3) is 0.429. The van der Waals surface area contributed by atoms with E-state index in [-0.39, 0.29) is 12.1 Å². The van der Waals surface area contributed by atoms with Crippen molar-refractivity contribution < 1.29 is 0 Å². The molecule has 0 amide bonds. The van der Waals surface area contributed by atoms with Crippen LogP contribution in [0.25, 0.3) is 11.4 Å². The highest BCUT2D eigenvalue weighted by Crippen LogP contribution is 2.27. The minimum atomic E-state index is 0.174. The van der Waals surface area contributed by atoms with Crippen LogP contribution >= 0.6 is 34.2 Å². The zero-order valence-electron chi connectivity index (χ0n) is 11.7. The van der Waals surface area contributed by atoms with Crippen LogP contribution in [0.1, 0.15) is 19.8 Å². The fourth-order valence-corrected chi connectivity index (χ4v) is 3.13. The van der Waals surface area contributed by atoms with E-state index in [0.717, 1.165) is 39.4 Å². The van der Waals surface area contributed by atoms with E-state index < -0.39 is 0 Å². The normalized spacial score (nSPS) is 22.6. The summed E-state index contributed by atoms with van der Waals surface area (Å²) in [6, 6.07) is 6.29. The van der Waals surface area contributed by atoms with Gasteiger partial charge in [0.2, 0.25) is 5.95 Å². The molecule has 3 rings (SSSR count). The van der Waals surface area contributed by atoms with Gasteiger partial charge in [-0.3, -0.25) is 5.10 Å². The van der Waals surface area contributed by atoms with Gasteiger partial charge < -0.3 is 10.6 Å². The van der Waals surface area contributed by atoms with Crippen molar-refractivity contribution in [1.82, 2.24) is 15.2 Å². The predicted octanol–water partition coefficient (Wildman–Crippen LogP) is 3.05. The second kappa shape index (κ2) is 6.10. The molecule has 0 radical (unpaired) electrons. The third-order valence-electron chi connectivity index (χ3n) is 3.97. The summed E-state index contributed by atoms with van der Waals surface area (Å²) in [7, 11) is 0. The van der Waals surface area contributed by atoms with Crippen LogP contribution in [0.15, 0.2) is 18.2 Å². The molecule has 0 saturated carbocycles. The predicted molar refractivity (Wildman–Crippen MR) is 93.6 cm³/mol. The topological polar surface area (TPSA) is 70.8 Å². The number of benzene rings is 1. The summed E-state index contributed by atoms with van der Waals surface area (Å²) >= 11 is 8.37. The van der Waals surface area contributed by atoms with Gasteiger partial charge in [-0.25, -0.2) is 0 Å². The molecule has 7 heteroatoms. The first-order valence-corrected chi connectivity index (χ1v) is 8.42. The zero-order chi connectivity index (χ0) is 15.0. The molecule has 1 aliphatic rings. The number of H-pyrrole nitrogens is 1. The van der Waals surface area contributed by atoms with Crippen molar-refractivity contribution >= 4 is 40.1 Å². The van der Waals surface area contributed by atoms with Gasteiger partial charge in [-0.15, -0.1) is 5.10 Å². The summed E-state index contributed by atoms with van der Waals surface area (Å²) in [5.74, 6) is 1.44. The molecule has 1 saturated heterocycles. The molecule has 2 atom stereocenters.